The number of hydrazone groups is 1. The lowest BCUT2D eigenvalue weighted by atomic mass is 9.84. The quantitative estimate of drug-likeness (QED) is 0.326. The summed E-state index contributed by atoms with van der Waals surface area (Å²) in [6.07, 6.45) is 1.89. The summed E-state index contributed by atoms with van der Waals surface area (Å²) in [6.45, 7) is 5.26. The molecule has 3 aliphatic rings. The van der Waals surface area contributed by atoms with Gasteiger partial charge in [-0.1, -0.05) is 25.1 Å². The van der Waals surface area contributed by atoms with Crippen LogP contribution in [0.15, 0.2) is 34.2 Å². The minimum absolute atomic E-state index is 0.0346. The van der Waals surface area contributed by atoms with E-state index in [2.05, 4.69) is 11.9 Å². The van der Waals surface area contributed by atoms with Gasteiger partial charge in [-0.2, -0.15) is 5.10 Å². The summed E-state index contributed by atoms with van der Waals surface area (Å²) < 4.78 is 6.76. The van der Waals surface area contributed by atoms with Crippen molar-refractivity contribution in [1.82, 2.24) is 19.5 Å². The first-order valence-corrected chi connectivity index (χ1v) is 12.2. The number of piperazine rings is 1. The third-order valence-corrected chi connectivity index (χ3v) is 7.62. The van der Waals surface area contributed by atoms with Crippen LogP contribution in [0.25, 0.3) is 22.3 Å². The van der Waals surface area contributed by atoms with E-state index in [9.17, 15) is 14.7 Å². The summed E-state index contributed by atoms with van der Waals surface area (Å²) in [5.41, 5.74) is 8.34. The number of aromatic nitrogens is 2. The third-order valence-electron chi connectivity index (χ3n) is 7.62. The van der Waals surface area contributed by atoms with Gasteiger partial charge in [0.2, 0.25) is 0 Å². The van der Waals surface area contributed by atoms with Gasteiger partial charge < -0.3 is 25.0 Å². The average molecular weight is 489 g/mol. The number of pyridine rings is 2. The van der Waals surface area contributed by atoms with Crippen LogP contribution >= 0.6 is 0 Å². The highest BCUT2D eigenvalue weighted by molar-refractivity contribution is 6.03. The first-order chi connectivity index (χ1) is 17.3. The van der Waals surface area contributed by atoms with E-state index in [0.717, 1.165) is 48.2 Å². The van der Waals surface area contributed by atoms with E-state index in [1.807, 2.05) is 35.5 Å². The number of hydrogen-bond acceptors (Lipinski definition) is 9. The van der Waals surface area contributed by atoms with Crippen molar-refractivity contribution in [3.8, 4) is 11.4 Å². The highest BCUT2D eigenvalue weighted by Gasteiger charge is 2.47. The molecular weight excluding hydrogens is 460 g/mol. The summed E-state index contributed by atoms with van der Waals surface area (Å²) in [7, 11) is 2.10. The zero-order chi connectivity index (χ0) is 25.2. The van der Waals surface area contributed by atoms with Gasteiger partial charge in [-0.15, -0.1) is 0 Å². The molecule has 3 aromatic rings. The van der Waals surface area contributed by atoms with Gasteiger partial charge >= 0.3 is 5.97 Å². The number of anilines is 1. The van der Waals surface area contributed by atoms with Crippen molar-refractivity contribution in [2.75, 3.05) is 39.0 Å². The van der Waals surface area contributed by atoms with Gasteiger partial charge in [0.1, 0.15) is 6.61 Å². The number of nitrogens with two attached hydrogens (primary N) is 1. The number of cyclic esters (lactones) is 1. The number of para-hydroxylation sites is 1. The zero-order valence-corrected chi connectivity index (χ0v) is 20.3. The average Bonchev–Trinajstić information content (AvgIpc) is 3.27. The van der Waals surface area contributed by atoms with Crippen molar-refractivity contribution in [3.63, 3.8) is 0 Å². The number of carbonyl (C=O) groups excluding carboxylic acids is 1. The van der Waals surface area contributed by atoms with Gasteiger partial charge in [-0.25, -0.2) is 9.78 Å². The number of ether oxygens (including phenoxy) is 1. The van der Waals surface area contributed by atoms with Crippen molar-refractivity contribution in [1.29, 1.82) is 0 Å². The Labute approximate surface area is 207 Å². The monoisotopic (exact) mass is 488 g/mol. The molecule has 6 rings (SSSR count). The molecule has 5 heterocycles. The number of likely N-dealkylation sites (N-methyl/N-ethyl adjacent to an activating group) is 1. The molecule has 186 valence electrons. The van der Waals surface area contributed by atoms with Crippen LogP contribution < -0.4 is 11.3 Å². The van der Waals surface area contributed by atoms with Crippen LogP contribution in [-0.4, -0.2) is 70.0 Å². The molecule has 10 heteroatoms. The largest absolute Gasteiger partial charge is 0.458 e. The molecular formula is C26H28N6O4. The topological polar surface area (TPSA) is 126 Å². The Morgan fingerprint density at radius 2 is 1.94 bits per heavy atom. The molecule has 1 saturated heterocycles. The van der Waals surface area contributed by atoms with Crippen molar-refractivity contribution in [2.45, 2.75) is 32.1 Å². The Bertz CT molecular complexity index is 1500. The van der Waals surface area contributed by atoms with E-state index >= 15 is 0 Å². The summed E-state index contributed by atoms with van der Waals surface area (Å²) in [4.78, 5) is 33.3. The Morgan fingerprint density at radius 1 is 1.19 bits per heavy atom. The maximum absolute atomic E-state index is 13.6. The molecule has 1 aromatic carbocycles. The predicted octanol–water partition coefficient (Wildman–Crippen LogP) is 1.24. The normalized spacial score (nSPS) is 21.5. The molecule has 1 fully saturated rings. The molecule has 3 N–H and O–H groups in total. The van der Waals surface area contributed by atoms with Gasteiger partial charge in [0, 0.05) is 48.3 Å². The number of nitrogens with zero attached hydrogens (tertiary/aromatic N) is 5. The molecule has 0 saturated carbocycles. The van der Waals surface area contributed by atoms with Crippen molar-refractivity contribution >= 4 is 28.8 Å². The molecule has 0 bridgehead atoms. The lowest BCUT2D eigenvalue weighted by Crippen LogP contribution is -2.45. The SMILES string of the molecule is CC[C@@]1(O)C(=O)OCc2c1c(N)c1n(c2=O)Cc2c-1nc1ccccc1c2/C=N/N1CCN(C)CC1. The number of nitrogen functional groups attached to an aromatic ring is 1. The summed E-state index contributed by atoms with van der Waals surface area (Å²) in [6, 6.07) is 7.77. The van der Waals surface area contributed by atoms with E-state index in [4.69, 9.17) is 20.6 Å². The molecule has 0 spiro atoms. The second-order valence-electron chi connectivity index (χ2n) is 9.67. The number of aliphatic hydroxyl groups is 1. The fourth-order valence-corrected chi connectivity index (χ4v) is 5.48. The van der Waals surface area contributed by atoms with Crippen LogP contribution in [0.3, 0.4) is 0 Å². The molecule has 10 nitrogen and oxygen atoms in total. The minimum Gasteiger partial charge on any atom is -0.458 e. The molecule has 36 heavy (non-hydrogen) atoms. The predicted molar refractivity (Wildman–Crippen MR) is 136 cm³/mol. The molecule has 0 aliphatic carbocycles. The fraction of sp³-hybridized carbons (Fsp3) is 0.385. The van der Waals surface area contributed by atoms with E-state index in [1.165, 1.54) is 0 Å². The third kappa shape index (κ3) is 3.17. The van der Waals surface area contributed by atoms with Crippen molar-refractivity contribution < 1.29 is 14.6 Å². The number of hydrogen-bond donors (Lipinski definition) is 2. The van der Waals surface area contributed by atoms with E-state index in [1.54, 1.807) is 11.5 Å². The Balaban J connectivity index is 1.57. The van der Waals surface area contributed by atoms with Crippen LogP contribution in [0.2, 0.25) is 0 Å². The van der Waals surface area contributed by atoms with Gasteiger partial charge in [0.25, 0.3) is 5.56 Å². The fourth-order valence-electron chi connectivity index (χ4n) is 5.48. The summed E-state index contributed by atoms with van der Waals surface area (Å²) >= 11 is 0. The van der Waals surface area contributed by atoms with Gasteiger partial charge in [0.15, 0.2) is 5.60 Å². The number of benzene rings is 1. The first-order valence-electron chi connectivity index (χ1n) is 12.2. The number of fused-ring (bicyclic) bond motifs is 5. The van der Waals surface area contributed by atoms with Gasteiger partial charge in [-0.3, -0.25) is 9.80 Å². The maximum atomic E-state index is 13.6. The van der Waals surface area contributed by atoms with Gasteiger partial charge in [-0.05, 0) is 19.5 Å². The molecule has 0 radical (unpaired) electrons. The molecule has 0 unspecified atom stereocenters. The van der Waals surface area contributed by atoms with Crippen LogP contribution in [0.1, 0.15) is 35.6 Å². The number of carbonyl (C=O) groups is 1. The highest BCUT2D eigenvalue weighted by atomic mass is 16.6. The second kappa shape index (κ2) is 8.14. The highest BCUT2D eigenvalue weighted by Crippen LogP contribution is 2.44. The van der Waals surface area contributed by atoms with Crippen molar-refractivity contribution in [2.24, 2.45) is 5.10 Å². The number of esters is 1. The van der Waals surface area contributed by atoms with E-state index in [0.29, 0.717) is 11.4 Å². The van der Waals surface area contributed by atoms with E-state index in [-0.39, 0.29) is 41.9 Å². The van der Waals surface area contributed by atoms with Crippen LogP contribution in [-0.2, 0) is 28.3 Å². The molecule has 3 aliphatic heterocycles. The lowest BCUT2D eigenvalue weighted by Gasteiger charge is -2.33. The minimum atomic E-state index is -1.97. The standard InChI is InChI=1S/C26H28N6O4/c1-3-26(35)20-18(14-36-25(26)34)24(33)32-13-17-16(12-28-31-10-8-30(2)9-11-31)15-6-4-5-7-19(15)29-22(17)23(32)21(20)27/h4-7,12,35H,3,8-11,13-14,27H2,1-2H3/b28-12+/t26-/m0/s1. The Morgan fingerprint density at radius 3 is 2.69 bits per heavy atom. The Hall–Kier alpha value is -3.76. The zero-order valence-electron chi connectivity index (χ0n) is 20.3. The van der Waals surface area contributed by atoms with Crippen molar-refractivity contribution in [3.05, 3.63) is 56.9 Å². The lowest BCUT2D eigenvalue weighted by molar-refractivity contribution is -0.172. The summed E-state index contributed by atoms with van der Waals surface area (Å²) in [5.74, 6) is -0.793. The van der Waals surface area contributed by atoms with E-state index < -0.39 is 11.6 Å². The van der Waals surface area contributed by atoms with Gasteiger partial charge in [0.05, 0.1) is 40.9 Å². The maximum Gasteiger partial charge on any atom is 0.343 e. The smallest absolute Gasteiger partial charge is 0.343 e. The summed E-state index contributed by atoms with van der Waals surface area (Å²) in [5, 5.41) is 19.0. The molecule has 2 aromatic heterocycles. The van der Waals surface area contributed by atoms with Crippen LogP contribution in [0, 0.1) is 0 Å². The van der Waals surface area contributed by atoms with Crippen LogP contribution in [0.4, 0.5) is 5.69 Å². The second-order valence-corrected chi connectivity index (χ2v) is 9.67. The molecule has 0 amide bonds. The number of rotatable bonds is 3. The first kappa shape index (κ1) is 22.7. The molecule has 1 atom stereocenters. The van der Waals surface area contributed by atoms with Crippen LogP contribution in [0.5, 0.6) is 0 Å². The Kier molecular flexibility index (Phi) is 5.13.